The molecule has 0 bridgehead atoms. The fraction of sp³-hybridized carbons (Fsp3) is 0.348. The zero-order valence-corrected chi connectivity index (χ0v) is 21.3. The summed E-state index contributed by atoms with van der Waals surface area (Å²) in [5.41, 5.74) is 6.90. The Morgan fingerprint density at radius 3 is 2.57 bits per heavy atom. The van der Waals surface area contributed by atoms with Crippen LogP contribution in [0.4, 0.5) is 11.8 Å². The number of furan rings is 1. The summed E-state index contributed by atoms with van der Waals surface area (Å²) >= 11 is 7.58. The summed E-state index contributed by atoms with van der Waals surface area (Å²) in [7, 11) is 0. The highest BCUT2D eigenvalue weighted by molar-refractivity contribution is 7.98. The molecule has 0 aliphatic carbocycles. The Balaban J connectivity index is 1.90. The quantitative estimate of drug-likeness (QED) is 0.222. The molecule has 3 aromatic rings. The third kappa shape index (κ3) is 5.68. The van der Waals surface area contributed by atoms with Crippen molar-refractivity contribution in [3.05, 3.63) is 51.7 Å². The second-order valence-corrected chi connectivity index (χ2v) is 8.87. The van der Waals surface area contributed by atoms with Gasteiger partial charge in [-0.25, -0.2) is 4.79 Å². The molecule has 12 heteroatoms. The number of carbonyl (C=O) groups excluding carboxylic acids is 3. The molecule has 1 amide bonds. The number of esters is 1. The number of aromatic nitrogens is 3. The first-order valence-electron chi connectivity index (χ1n) is 10.9. The summed E-state index contributed by atoms with van der Waals surface area (Å²) in [6, 6.07) is 6.59. The van der Waals surface area contributed by atoms with Gasteiger partial charge in [-0.2, -0.15) is 0 Å². The maximum Gasteiger partial charge on any atom is 0.344 e. The van der Waals surface area contributed by atoms with Gasteiger partial charge < -0.3 is 14.9 Å². The van der Waals surface area contributed by atoms with E-state index in [1.54, 1.807) is 19.9 Å². The van der Waals surface area contributed by atoms with Crippen molar-refractivity contribution < 1.29 is 23.5 Å². The van der Waals surface area contributed by atoms with Gasteiger partial charge in [0.1, 0.15) is 17.4 Å². The Morgan fingerprint density at radius 2 is 1.94 bits per heavy atom. The molecule has 186 valence electrons. The maximum absolute atomic E-state index is 13.3. The number of hydrogen-bond acceptors (Lipinski definition) is 9. The van der Waals surface area contributed by atoms with Crippen LogP contribution in [0.5, 0.6) is 0 Å². The molecule has 1 aromatic carbocycles. The lowest BCUT2D eigenvalue weighted by molar-refractivity contribution is -0.119. The molecule has 0 fully saturated rings. The maximum atomic E-state index is 13.3. The van der Waals surface area contributed by atoms with Crippen LogP contribution in [-0.2, 0) is 15.3 Å². The van der Waals surface area contributed by atoms with E-state index in [9.17, 15) is 14.4 Å². The molecule has 3 rings (SSSR count). The topological polar surface area (TPSA) is 142 Å². The molecule has 2 heterocycles. The second kappa shape index (κ2) is 11.4. The van der Waals surface area contributed by atoms with Crippen LogP contribution in [0.25, 0.3) is 0 Å². The fourth-order valence-electron chi connectivity index (χ4n) is 3.57. The molecule has 1 atom stereocenters. The number of nitrogens with zero attached hydrogens (tertiary/aromatic N) is 3. The van der Waals surface area contributed by atoms with Crippen molar-refractivity contribution >= 4 is 52.9 Å². The predicted molar refractivity (Wildman–Crippen MR) is 133 cm³/mol. The number of rotatable bonds is 10. The van der Waals surface area contributed by atoms with Crippen LogP contribution in [0.1, 0.15) is 65.3 Å². The third-order valence-electron chi connectivity index (χ3n) is 5.16. The Bertz CT molecular complexity index is 1260. The Kier molecular flexibility index (Phi) is 8.57. The molecule has 0 radical (unpaired) electrons. The number of thioether (sulfide) groups is 1. The van der Waals surface area contributed by atoms with Gasteiger partial charge in [0.05, 0.1) is 12.2 Å². The Morgan fingerprint density at radius 1 is 1.23 bits per heavy atom. The first kappa shape index (κ1) is 26.3. The largest absolute Gasteiger partial charge is 0.462 e. The number of Topliss-reactive ketones (excluding diaryl/α,β-unsaturated/α-hetero) is 1. The molecule has 0 aliphatic rings. The minimum Gasteiger partial charge on any atom is -0.462 e. The summed E-state index contributed by atoms with van der Waals surface area (Å²) < 4.78 is 12.2. The van der Waals surface area contributed by atoms with Crippen LogP contribution in [0.3, 0.4) is 0 Å². The zero-order chi connectivity index (χ0) is 25.7. The SMILES string of the molecule is CCOC(=O)c1c(NC(=O)C(CC)n2c(N)nnc2SCc2ccccc2Cl)oc(C)c1C(C)=O. The normalized spacial score (nSPS) is 11.8. The van der Waals surface area contributed by atoms with Gasteiger partial charge in [0.15, 0.2) is 10.9 Å². The third-order valence-corrected chi connectivity index (χ3v) is 6.52. The van der Waals surface area contributed by atoms with Crippen molar-refractivity contribution in [1.82, 2.24) is 14.8 Å². The molecule has 0 spiro atoms. The number of aryl methyl sites for hydroxylation is 1. The number of anilines is 2. The standard InChI is InChI=1S/C23H26ClN5O5S/c1-5-16(29-22(25)27-28-23(29)35-11-14-9-7-8-10-15(14)24)19(31)26-20-18(21(32)33-6-2)17(12(3)30)13(4)34-20/h7-10,16H,5-6,11H2,1-4H3,(H2,25,27)(H,26,31). The van der Waals surface area contributed by atoms with E-state index in [-0.39, 0.29) is 41.1 Å². The van der Waals surface area contributed by atoms with Crippen LogP contribution in [-0.4, -0.2) is 39.0 Å². The zero-order valence-electron chi connectivity index (χ0n) is 19.8. The molecule has 0 saturated heterocycles. The molecule has 3 N–H and O–H groups in total. The number of nitrogen functional groups attached to an aromatic ring is 1. The highest BCUT2D eigenvalue weighted by atomic mass is 35.5. The minimum atomic E-state index is -0.819. The van der Waals surface area contributed by atoms with Crippen LogP contribution >= 0.6 is 23.4 Å². The molecule has 35 heavy (non-hydrogen) atoms. The fourth-order valence-corrected chi connectivity index (χ4v) is 4.85. The van der Waals surface area contributed by atoms with E-state index in [0.29, 0.717) is 22.4 Å². The first-order chi connectivity index (χ1) is 16.7. The van der Waals surface area contributed by atoms with E-state index in [0.717, 1.165) is 5.56 Å². The van der Waals surface area contributed by atoms with Crippen molar-refractivity contribution in [1.29, 1.82) is 0 Å². The lowest BCUT2D eigenvalue weighted by Gasteiger charge is -2.18. The number of nitrogens with two attached hydrogens (primary N) is 1. The molecule has 0 aliphatic heterocycles. The van der Waals surface area contributed by atoms with E-state index in [1.165, 1.54) is 30.2 Å². The minimum absolute atomic E-state index is 0.0549. The highest BCUT2D eigenvalue weighted by Gasteiger charge is 2.31. The van der Waals surface area contributed by atoms with Gasteiger partial charge in [0, 0.05) is 10.8 Å². The summed E-state index contributed by atoms with van der Waals surface area (Å²) in [5.74, 6) is -1.09. The molecule has 2 aromatic heterocycles. The number of ether oxygens (including phenoxy) is 1. The van der Waals surface area contributed by atoms with Gasteiger partial charge in [-0.15, -0.1) is 10.2 Å². The van der Waals surface area contributed by atoms with Gasteiger partial charge in [0.2, 0.25) is 17.7 Å². The summed E-state index contributed by atoms with van der Waals surface area (Å²) in [6.07, 6.45) is 0.335. The van der Waals surface area contributed by atoms with Crippen LogP contribution < -0.4 is 11.1 Å². The summed E-state index contributed by atoms with van der Waals surface area (Å²) in [4.78, 5) is 38.0. The monoisotopic (exact) mass is 519 g/mol. The van der Waals surface area contributed by atoms with Crippen molar-refractivity contribution in [2.24, 2.45) is 0 Å². The van der Waals surface area contributed by atoms with Crippen molar-refractivity contribution in [2.75, 3.05) is 17.7 Å². The Labute approximate surface area is 211 Å². The van der Waals surface area contributed by atoms with E-state index in [1.807, 2.05) is 18.2 Å². The van der Waals surface area contributed by atoms with Crippen molar-refractivity contribution in [2.45, 2.75) is 51.1 Å². The predicted octanol–water partition coefficient (Wildman–Crippen LogP) is 4.68. The summed E-state index contributed by atoms with van der Waals surface area (Å²) in [5, 5.41) is 11.7. The average molecular weight is 520 g/mol. The number of hydrogen-bond donors (Lipinski definition) is 2. The van der Waals surface area contributed by atoms with Gasteiger partial charge in [-0.05, 0) is 38.8 Å². The van der Waals surface area contributed by atoms with Gasteiger partial charge in [-0.1, -0.05) is 48.5 Å². The van der Waals surface area contributed by atoms with E-state index in [2.05, 4.69) is 15.5 Å². The molecular formula is C23H26ClN5O5S. The Hall–Kier alpha value is -3.31. The number of nitrogens with one attached hydrogen (secondary N) is 1. The first-order valence-corrected chi connectivity index (χ1v) is 12.2. The lowest BCUT2D eigenvalue weighted by atomic mass is 10.1. The second-order valence-electron chi connectivity index (χ2n) is 7.52. The van der Waals surface area contributed by atoms with Gasteiger partial charge >= 0.3 is 5.97 Å². The highest BCUT2D eigenvalue weighted by Crippen LogP contribution is 2.32. The number of ketones is 1. The van der Waals surface area contributed by atoms with Gasteiger partial charge in [0.25, 0.3) is 0 Å². The van der Waals surface area contributed by atoms with Crippen molar-refractivity contribution in [3.63, 3.8) is 0 Å². The summed E-state index contributed by atoms with van der Waals surface area (Å²) in [6.45, 7) is 6.37. The van der Waals surface area contributed by atoms with E-state index in [4.69, 9.17) is 26.5 Å². The molecule has 0 saturated carbocycles. The average Bonchev–Trinajstić information content (AvgIpc) is 3.33. The number of carbonyl (C=O) groups is 3. The van der Waals surface area contributed by atoms with Gasteiger partial charge in [-0.3, -0.25) is 19.5 Å². The molecule has 1 unspecified atom stereocenters. The van der Waals surface area contributed by atoms with Crippen LogP contribution in [0.2, 0.25) is 5.02 Å². The molecule has 10 nitrogen and oxygen atoms in total. The smallest absolute Gasteiger partial charge is 0.344 e. The lowest BCUT2D eigenvalue weighted by Crippen LogP contribution is -2.27. The van der Waals surface area contributed by atoms with E-state index >= 15 is 0 Å². The number of benzene rings is 1. The van der Waals surface area contributed by atoms with Crippen LogP contribution in [0, 0.1) is 6.92 Å². The molecular weight excluding hydrogens is 494 g/mol. The number of halogens is 1. The van der Waals surface area contributed by atoms with Crippen LogP contribution in [0.15, 0.2) is 33.8 Å². The van der Waals surface area contributed by atoms with E-state index < -0.39 is 17.9 Å². The number of amides is 1. The van der Waals surface area contributed by atoms with Crippen molar-refractivity contribution in [3.8, 4) is 0 Å².